The second-order valence-electron chi connectivity index (χ2n) is 10.1. The molecule has 0 bridgehead atoms. The van der Waals surface area contributed by atoms with Crippen LogP contribution in [-0.2, 0) is 0 Å². The Morgan fingerprint density at radius 1 is 0.263 bits per heavy atom. The standard InChI is InChI=1S/C38H24/c1-2-11-26(12-3-1)35-24-37-31-15-7-6-14-30(31)36-23-29(28-19-18-25-10-4-5-13-27(25)22-28)20-21-34(36)38(37)33-17-9-8-16-32(33)35/h1-24H. The summed E-state index contributed by atoms with van der Waals surface area (Å²) in [6.07, 6.45) is 0. The van der Waals surface area contributed by atoms with Gasteiger partial charge in [-0.25, -0.2) is 0 Å². The molecule has 0 aliphatic heterocycles. The lowest BCUT2D eigenvalue weighted by molar-refractivity contribution is 1.67. The van der Waals surface area contributed by atoms with Gasteiger partial charge in [0.2, 0.25) is 0 Å². The molecule has 0 heteroatoms. The minimum atomic E-state index is 1.25. The predicted molar refractivity (Wildman–Crippen MR) is 165 cm³/mol. The largest absolute Gasteiger partial charge is 0.0622 e. The van der Waals surface area contributed by atoms with Crippen molar-refractivity contribution in [2.24, 2.45) is 0 Å². The monoisotopic (exact) mass is 480 g/mol. The van der Waals surface area contributed by atoms with E-state index in [2.05, 4.69) is 146 Å². The van der Waals surface area contributed by atoms with Crippen LogP contribution in [0.5, 0.6) is 0 Å². The Bertz CT molecular complexity index is 2170. The Labute approximate surface area is 221 Å². The van der Waals surface area contributed by atoms with Crippen molar-refractivity contribution >= 4 is 53.9 Å². The van der Waals surface area contributed by atoms with Gasteiger partial charge in [0.05, 0.1) is 0 Å². The van der Waals surface area contributed by atoms with Gasteiger partial charge >= 0.3 is 0 Å². The molecule has 0 saturated carbocycles. The average molecular weight is 481 g/mol. The van der Waals surface area contributed by atoms with Gasteiger partial charge in [-0.3, -0.25) is 0 Å². The van der Waals surface area contributed by atoms with Gasteiger partial charge in [-0.15, -0.1) is 0 Å². The molecule has 8 rings (SSSR count). The first kappa shape index (κ1) is 21.2. The molecule has 0 saturated heterocycles. The highest BCUT2D eigenvalue weighted by molar-refractivity contribution is 6.33. The zero-order valence-corrected chi connectivity index (χ0v) is 20.9. The molecule has 0 atom stereocenters. The number of fused-ring (bicyclic) bond motifs is 9. The van der Waals surface area contributed by atoms with E-state index in [9.17, 15) is 0 Å². The molecule has 0 unspecified atom stereocenters. The predicted octanol–water partition coefficient (Wildman–Crippen LogP) is 10.8. The first-order valence-electron chi connectivity index (χ1n) is 13.2. The van der Waals surface area contributed by atoms with Crippen molar-refractivity contribution in [3.8, 4) is 22.3 Å². The van der Waals surface area contributed by atoms with E-state index in [1.54, 1.807) is 0 Å². The van der Waals surface area contributed by atoms with Gasteiger partial charge in [0.25, 0.3) is 0 Å². The molecule has 0 aromatic heterocycles. The van der Waals surface area contributed by atoms with E-state index in [1.165, 1.54) is 76.1 Å². The lowest BCUT2D eigenvalue weighted by Crippen LogP contribution is -1.89. The van der Waals surface area contributed by atoms with Crippen LogP contribution in [0.2, 0.25) is 0 Å². The molecule has 0 aliphatic carbocycles. The maximum atomic E-state index is 2.41. The van der Waals surface area contributed by atoms with E-state index < -0.39 is 0 Å². The summed E-state index contributed by atoms with van der Waals surface area (Å²) in [4.78, 5) is 0. The normalized spacial score (nSPS) is 11.7. The van der Waals surface area contributed by atoms with Gasteiger partial charge in [-0.2, -0.15) is 0 Å². The molecule has 0 radical (unpaired) electrons. The highest BCUT2D eigenvalue weighted by Gasteiger charge is 2.15. The maximum Gasteiger partial charge on any atom is -0.00199 e. The molecule has 0 nitrogen and oxygen atoms in total. The summed E-state index contributed by atoms with van der Waals surface area (Å²) in [6.45, 7) is 0. The lowest BCUT2D eigenvalue weighted by atomic mass is 9.86. The van der Waals surface area contributed by atoms with Crippen molar-refractivity contribution in [1.29, 1.82) is 0 Å². The van der Waals surface area contributed by atoms with E-state index >= 15 is 0 Å². The van der Waals surface area contributed by atoms with E-state index in [0.717, 1.165) is 0 Å². The molecule has 8 aromatic rings. The van der Waals surface area contributed by atoms with Crippen molar-refractivity contribution in [3.63, 3.8) is 0 Å². The van der Waals surface area contributed by atoms with Crippen molar-refractivity contribution in [2.75, 3.05) is 0 Å². The Morgan fingerprint density at radius 3 is 1.66 bits per heavy atom. The quantitative estimate of drug-likeness (QED) is 0.216. The van der Waals surface area contributed by atoms with Crippen LogP contribution in [0.25, 0.3) is 76.1 Å². The molecule has 0 amide bonds. The van der Waals surface area contributed by atoms with Crippen LogP contribution in [0, 0.1) is 0 Å². The molecular weight excluding hydrogens is 456 g/mol. The van der Waals surface area contributed by atoms with E-state index in [4.69, 9.17) is 0 Å². The van der Waals surface area contributed by atoms with E-state index in [1.807, 2.05) is 0 Å². The smallest absolute Gasteiger partial charge is 0.00199 e. The van der Waals surface area contributed by atoms with Crippen LogP contribution in [0.1, 0.15) is 0 Å². The molecule has 176 valence electrons. The Hall–Kier alpha value is -4.94. The molecule has 0 heterocycles. The van der Waals surface area contributed by atoms with E-state index in [-0.39, 0.29) is 0 Å². The third kappa shape index (κ3) is 3.17. The second-order valence-corrected chi connectivity index (χ2v) is 10.1. The van der Waals surface area contributed by atoms with Gasteiger partial charge in [-0.1, -0.05) is 127 Å². The minimum Gasteiger partial charge on any atom is -0.0622 e. The van der Waals surface area contributed by atoms with Crippen molar-refractivity contribution < 1.29 is 0 Å². The molecule has 38 heavy (non-hydrogen) atoms. The average Bonchev–Trinajstić information content (AvgIpc) is 3.00. The SMILES string of the molecule is c1ccc(-c2cc3c4ccccc4c4cc(-c5ccc6ccccc6c5)ccc4c3c3ccccc23)cc1. The number of hydrogen-bond acceptors (Lipinski definition) is 0. The number of benzene rings is 8. The van der Waals surface area contributed by atoms with Gasteiger partial charge in [0, 0.05) is 0 Å². The van der Waals surface area contributed by atoms with Gasteiger partial charge in [-0.05, 0) is 94.3 Å². The summed E-state index contributed by atoms with van der Waals surface area (Å²) in [5.41, 5.74) is 5.03. The first-order chi connectivity index (χ1) is 18.8. The van der Waals surface area contributed by atoms with Gasteiger partial charge in [0.15, 0.2) is 0 Å². The topological polar surface area (TPSA) is 0 Å². The summed E-state index contributed by atoms with van der Waals surface area (Å²) in [5, 5.41) is 13.0. The van der Waals surface area contributed by atoms with Crippen LogP contribution < -0.4 is 0 Å². The summed E-state index contributed by atoms with van der Waals surface area (Å²) in [6, 6.07) is 53.3. The van der Waals surface area contributed by atoms with Crippen LogP contribution in [0.15, 0.2) is 146 Å². The Balaban J connectivity index is 1.50. The molecule has 0 N–H and O–H groups in total. The molecule has 0 fully saturated rings. The van der Waals surface area contributed by atoms with Crippen LogP contribution in [0.4, 0.5) is 0 Å². The highest BCUT2D eigenvalue weighted by atomic mass is 14.2. The second kappa shape index (κ2) is 8.30. The number of rotatable bonds is 2. The zero-order chi connectivity index (χ0) is 25.1. The van der Waals surface area contributed by atoms with Crippen molar-refractivity contribution in [1.82, 2.24) is 0 Å². The summed E-state index contributed by atoms with van der Waals surface area (Å²) >= 11 is 0. The molecular formula is C38H24. The summed E-state index contributed by atoms with van der Waals surface area (Å²) < 4.78 is 0. The first-order valence-corrected chi connectivity index (χ1v) is 13.2. The molecule has 0 aliphatic rings. The van der Waals surface area contributed by atoms with Gasteiger partial charge in [0.1, 0.15) is 0 Å². The number of hydrogen-bond donors (Lipinski definition) is 0. The fraction of sp³-hybridized carbons (Fsp3) is 0. The van der Waals surface area contributed by atoms with Gasteiger partial charge < -0.3 is 0 Å². The van der Waals surface area contributed by atoms with Crippen molar-refractivity contribution in [2.45, 2.75) is 0 Å². The van der Waals surface area contributed by atoms with E-state index in [0.29, 0.717) is 0 Å². The Kier molecular flexibility index (Phi) is 4.62. The molecule has 0 spiro atoms. The fourth-order valence-electron chi connectivity index (χ4n) is 6.22. The minimum absolute atomic E-state index is 1.25. The zero-order valence-electron chi connectivity index (χ0n) is 20.9. The lowest BCUT2D eigenvalue weighted by Gasteiger charge is -2.17. The Morgan fingerprint density at radius 2 is 0.842 bits per heavy atom. The van der Waals surface area contributed by atoms with Crippen LogP contribution in [-0.4, -0.2) is 0 Å². The summed E-state index contributed by atoms with van der Waals surface area (Å²) in [5.74, 6) is 0. The van der Waals surface area contributed by atoms with Crippen molar-refractivity contribution in [3.05, 3.63) is 146 Å². The maximum absolute atomic E-state index is 2.41. The fourth-order valence-corrected chi connectivity index (χ4v) is 6.22. The highest BCUT2D eigenvalue weighted by Crippen LogP contribution is 2.43. The third-order valence-corrected chi connectivity index (χ3v) is 8.01. The van der Waals surface area contributed by atoms with Crippen LogP contribution >= 0.6 is 0 Å². The van der Waals surface area contributed by atoms with Crippen LogP contribution in [0.3, 0.4) is 0 Å². The summed E-state index contributed by atoms with van der Waals surface area (Å²) in [7, 11) is 0. The third-order valence-electron chi connectivity index (χ3n) is 8.01. The molecule has 8 aromatic carbocycles.